The van der Waals surface area contributed by atoms with Gasteiger partial charge in [-0.25, -0.2) is 0 Å². The van der Waals surface area contributed by atoms with Gasteiger partial charge in [0.25, 0.3) is 0 Å². The van der Waals surface area contributed by atoms with Crippen LogP contribution in [-0.2, 0) is 0 Å². The van der Waals surface area contributed by atoms with Crippen molar-refractivity contribution in [2.45, 2.75) is 129 Å². The van der Waals surface area contributed by atoms with E-state index in [1.807, 2.05) is 6.07 Å². The molecule has 0 fully saturated rings. The molecule has 0 unspecified atom stereocenters. The quantitative estimate of drug-likeness (QED) is 0.268. The van der Waals surface area contributed by atoms with Crippen molar-refractivity contribution in [3.8, 4) is 5.75 Å². The molecule has 0 heterocycles. The van der Waals surface area contributed by atoms with Crippen LogP contribution >= 0.6 is 0 Å². The summed E-state index contributed by atoms with van der Waals surface area (Å²) in [5.74, 6) is 0.322. The van der Waals surface area contributed by atoms with Crippen LogP contribution < -0.4 is 0 Å². The summed E-state index contributed by atoms with van der Waals surface area (Å²) in [5, 5.41) is 8.63. The van der Waals surface area contributed by atoms with E-state index in [0.29, 0.717) is 5.75 Å². The lowest BCUT2D eigenvalue weighted by Crippen LogP contribution is -1.83. The molecule has 1 rings (SSSR count). The molecule has 0 spiro atoms. The molecule has 1 aromatic carbocycles. The average molecular weight is 377 g/mol. The summed E-state index contributed by atoms with van der Waals surface area (Å²) in [4.78, 5) is 0. The van der Waals surface area contributed by atoms with Crippen molar-refractivity contribution in [3.63, 3.8) is 0 Å². The lowest BCUT2D eigenvalue weighted by molar-refractivity contribution is 0.475. The number of phenols is 1. The van der Waals surface area contributed by atoms with Crippen LogP contribution in [0.3, 0.4) is 0 Å². The first-order valence-corrected chi connectivity index (χ1v) is 12.0. The van der Waals surface area contributed by atoms with Crippen LogP contribution in [-0.4, -0.2) is 5.11 Å². The smallest absolute Gasteiger partial charge is 0.115 e. The van der Waals surface area contributed by atoms with Gasteiger partial charge in [0.2, 0.25) is 0 Å². The number of benzene rings is 1. The summed E-state index contributed by atoms with van der Waals surface area (Å²) in [6, 6.07) is 8.71. The predicted molar refractivity (Wildman–Crippen MR) is 123 cm³/mol. The van der Waals surface area contributed by atoms with E-state index in [0.717, 1.165) is 0 Å². The highest BCUT2D eigenvalue weighted by Gasteiger charge is 1.94. The molecule has 0 bridgehead atoms. The molecule has 0 aliphatic carbocycles. The minimum absolute atomic E-state index is 0.322. The Balaban J connectivity index is 0.000000797. The second-order valence-corrected chi connectivity index (χ2v) is 7.99. The standard InChI is InChI=1S/C20H42.C6H6O/c1-3-5-7-9-11-13-15-17-19-20-18-16-14-12-10-8-6-4-2;7-6-4-2-1-3-5-6/h3-20H2,1-2H3;1-5,7H. The first kappa shape index (κ1) is 26.0. The molecule has 0 radical (unpaired) electrons. The first-order valence-electron chi connectivity index (χ1n) is 12.0. The van der Waals surface area contributed by atoms with Crippen molar-refractivity contribution < 1.29 is 5.11 Å². The Labute approximate surface area is 171 Å². The van der Waals surface area contributed by atoms with Crippen molar-refractivity contribution in [2.75, 3.05) is 0 Å². The zero-order valence-corrected chi connectivity index (χ0v) is 18.6. The largest absolute Gasteiger partial charge is 0.508 e. The molecule has 0 aromatic heterocycles. The topological polar surface area (TPSA) is 20.2 Å². The van der Waals surface area contributed by atoms with Crippen LogP contribution in [0.1, 0.15) is 129 Å². The summed E-state index contributed by atoms with van der Waals surface area (Å²) >= 11 is 0. The molecule has 1 aromatic rings. The molecule has 0 aliphatic heterocycles. The Kier molecular flexibility index (Phi) is 22.2. The Morgan fingerprint density at radius 3 is 0.889 bits per heavy atom. The number of rotatable bonds is 17. The number of hydrogen-bond acceptors (Lipinski definition) is 1. The third kappa shape index (κ3) is 23.0. The second-order valence-electron chi connectivity index (χ2n) is 7.99. The van der Waals surface area contributed by atoms with Gasteiger partial charge >= 0.3 is 0 Å². The van der Waals surface area contributed by atoms with Gasteiger partial charge in [-0.3, -0.25) is 0 Å². The Hall–Kier alpha value is -0.980. The summed E-state index contributed by atoms with van der Waals surface area (Å²) < 4.78 is 0. The average Bonchev–Trinajstić information content (AvgIpc) is 2.69. The maximum atomic E-state index is 8.63. The van der Waals surface area contributed by atoms with Gasteiger partial charge in [-0.1, -0.05) is 148 Å². The van der Waals surface area contributed by atoms with E-state index >= 15 is 0 Å². The molecule has 27 heavy (non-hydrogen) atoms. The lowest BCUT2D eigenvalue weighted by Gasteiger charge is -2.03. The number of phenolic OH excluding ortho intramolecular Hbond substituents is 1. The van der Waals surface area contributed by atoms with E-state index in [1.165, 1.54) is 116 Å². The van der Waals surface area contributed by atoms with Gasteiger partial charge in [0, 0.05) is 0 Å². The van der Waals surface area contributed by atoms with Crippen LogP contribution in [0.25, 0.3) is 0 Å². The highest BCUT2D eigenvalue weighted by Crippen LogP contribution is 2.14. The van der Waals surface area contributed by atoms with Crippen LogP contribution in [0.15, 0.2) is 30.3 Å². The summed E-state index contributed by atoms with van der Waals surface area (Å²) in [6.07, 6.45) is 26.4. The van der Waals surface area contributed by atoms with Crippen molar-refractivity contribution in [3.05, 3.63) is 30.3 Å². The van der Waals surface area contributed by atoms with Crippen LogP contribution in [0.5, 0.6) is 5.75 Å². The summed E-state index contributed by atoms with van der Waals surface area (Å²) in [7, 11) is 0. The number of para-hydroxylation sites is 1. The van der Waals surface area contributed by atoms with Crippen LogP contribution in [0.4, 0.5) is 0 Å². The summed E-state index contributed by atoms with van der Waals surface area (Å²) in [6.45, 7) is 4.59. The van der Waals surface area contributed by atoms with Gasteiger partial charge in [-0.05, 0) is 12.1 Å². The van der Waals surface area contributed by atoms with Gasteiger partial charge in [0.05, 0.1) is 0 Å². The molecular weight excluding hydrogens is 328 g/mol. The normalized spacial score (nSPS) is 10.4. The fourth-order valence-electron chi connectivity index (χ4n) is 3.40. The maximum absolute atomic E-state index is 8.63. The number of hydrogen-bond donors (Lipinski definition) is 1. The maximum Gasteiger partial charge on any atom is 0.115 e. The van der Waals surface area contributed by atoms with E-state index in [2.05, 4.69) is 13.8 Å². The number of unbranched alkanes of at least 4 members (excludes halogenated alkanes) is 17. The Bertz CT molecular complexity index is 342. The Morgan fingerprint density at radius 1 is 0.444 bits per heavy atom. The minimum atomic E-state index is 0.322. The first-order chi connectivity index (χ1) is 13.3. The third-order valence-electron chi connectivity index (χ3n) is 5.21. The molecule has 1 heteroatoms. The molecule has 0 saturated carbocycles. The molecule has 158 valence electrons. The fraction of sp³-hybridized carbons (Fsp3) is 0.769. The zero-order chi connectivity index (χ0) is 19.8. The van der Waals surface area contributed by atoms with E-state index < -0.39 is 0 Å². The van der Waals surface area contributed by atoms with Crippen molar-refractivity contribution >= 4 is 0 Å². The van der Waals surface area contributed by atoms with Crippen molar-refractivity contribution in [1.29, 1.82) is 0 Å². The monoisotopic (exact) mass is 376 g/mol. The van der Waals surface area contributed by atoms with Crippen LogP contribution in [0, 0.1) is 0 Å². The van der Waals surface area contributed by atoms with Gasteiger partial charge < -0.3 is 5.11 Å². The minimum Gasteiger partial charge on any atom is -0.508 e. The van der Waals surface area contributed by atoms with Gasteiger partial charge in [-0.15, -0.1) is 0 Å². The molecule has 1 nitrogen and oxygen atoms in total. The third-order valence-corrected chi connectivity index (χ3v) is 5.21. The van der Waals surface area contributed by atoms with Gasteiger partial charge in [0.15, 0.2) is 0 Å². The molecule has 0 atom stereocenters. The predicted octanol–water partition coefficient (Wildman–Crippen LogP) is 9.44. The Morgan fingerprint density at radius 2 is 0.704 bits per heavy atom. The molecule has 1 N–H and O–H groups in total. The van der Waals surface area contributed by atoms with Crippen molar-refractivity contribution in [1.82, 2.24) is 0 Å². The van der Waals surface area contributed by atoms with E-state index in [9.17, 15) is 0 Å². The van der Waals surface area contributed by atoms with E-state index in [-0.39, 0.29) is 0 Å². The molecule has 0 saturated heterocycles. The lowest BCUT2D eigenvalue weighted by atomic mass is 10.0. The fourth-order valence-corrected chi connectivity index (χ4v) is 3.40. The highest BCUT2D eigenvalue weighted by atomic mass is 16.3. The van der Waals surface area contributed by atoms with Crippen LogP contribution in [0.2, 0.25) is 0 Å². The molecule has 0 aliphatic rings. The van der Waals surface area contributed by atoms with Gasteiger partial charge in [-0.2, -0.15) is 0 Å². The zero-order valence-electron chi connectivity index (χ0n) is 18.6. The second kappa shape index (κ2) is 23.1. The van der Waals surface area contributed by atoms with Gasteiger partial charge in [0.1, 0.15) is 5.75 Å². The molecular formula is C26H48O. The summed E-state index contributed by atoms with van der Waals surface area (Å²) in [5.41, 5.74) is 0. The number of aromatic hydroxyl groups is 1. The van der Waals surface area contributed by atoms with E-state index in [1.54, 1.807) is 24.3 Å². The molecule has 0 amide bonds. The SMILES string of the molecule is CCCCCCCCCCCCCCCCCCCC.Oc1ccccc1. The highest BCUT2D eigenvalue weighted by molar-refractivity contribution is 5.18. The van der Waals surface area contributed by atoms with Crippen molar-refractivity contribution in [2.24, 2.45) is 0 Å². The van der Waals surface area contributed by atoms with E-state index in [4.69, 9.17) is 5.11 Å².